The summed E-state index contributed by atoms with van der Waals surface area (Å²) in [4.78, 5) is 11.5. The number of hydrogen-bond acceptors (Lipinski definition) is 4. The van der Waals surface area contributed by atoms with Crippen molar-refractivity contribution in [3.05, 3.63) is 17.5 Å². The maximum Gasteiger partial charge on any atom is 0.239 e. The Morgan fingerprint density at radius 1 is 1.60 bits per heavy atom. The number of rotatable bonds is 1. The first-order valence-electron chi connectivity index (χ1n) is 4.98. The summed E-state index contributed by atoms with van der Waals surface area (Å²) in [6.07, 6.45) is 1.69. The van der Waals surface area contributed by atoms with Crippen LogP contribution in [0.3, 0.4) is 0 Å². The molecule has 1 amide bonds. The number of aryl methyl sites for hydroxylation is 1. The molecule has 1 aromatic rings. The minimum Gasteiger partial charge on any atom is -0.361 e. The van der Waals surface area contributed by atoms with Crippen LogP contribution < -0.4 is 10.6 Å². The van der Waals surface area contributed by atoms with Crippen molar-refractivity contribution in [1.82, 2.24) is 15.8 Å². The number of nitrogens with zero attached hydrogens (tertiary/aromatic N) is 1. The van der Waals surface area contributed by atoms with E-state index in [0.29, 0.717) is 6.54 Å². The second-order valence-corrected chi connectivity index (χ2v) is 4.37. The van der Waals surface area contributed by atoms with E-state index in [9.17, 15) is 4.79 Å². The fraction of sp³-hybridized carbons (Fsp3) is 0.600. The fourth-order valence-corrected chi connectivity index (χ4v) is 1.80. The predicted octanol–water partition coefficient (Wildman–Crippen LogP) is 0.522. The molecule has 0 spiro atoms. The van der Waals surface area contributed by atoms with E-state index >= 15 is 0 Å². The number of nitrogens with one attached hydrogen (secondary N) is 2. The van der Waals surface area contributed by atoms with Crippen LogP contribution in [0.4, 0.5) is 0 Å². The monoisotopic (exact) mass is 209 g/mol. The summed E-state index contributed by atoms with van der Waals surface area (Å²) >= 11 is 0. The first-order valence-corrected chi connectivity index (χ1v) is 4.98. The van der Waals surface area contributed by atoms with Crippen LogP contribution in [0.2, 0.25) is 0 Å². The Morgan fingerprint density at radius 3 is 2.87 bits per heavy atom. The lowest BCUT2D eigenvalue weighted by atomic mass is 9.96. The largest absolute Gasteiger partial charge is 0.361 e. The Hall–Kier alpha value is -1.36. The Morgan fingerprint density at radius 2 is 2.33 bits per heavy atom. The first kappa shape index (κ1) is 10.2. The van der Waals surface area contributed by atoms with Crippen molar-refractivity contribution in [1.29, 1.82) is 0 Å². The molecular weight excluding hydrogens is 194 g/mol. The van der Waals surface area contributed by atoms with E-state index in [1.165, 1.54) is 0 Å². The van der Waals surface area contributed by atoms with Crippen molar-refractivity contribution in [2.24, 2.45) is 0 Å². The molecule has 1 aliphatic heterocycles. The highest BCUT2D eigenvalue weighted by atomic mass is 16.5. The van der Waals surface area contributed by atoms with Crippen molar-refractivity contribution in [3.63, 3.8) is 0 Å². The standard InChI is InChI=1S/C10H15N3O2/c1-6-7(4-12-15-6)8-5-11-9(14)10(2,3)13-8/h4,8,13H,5H2,1-3H3,(H,11,14). The van der Waals surface area contributed by atoms with Gasteiger partial charge in [0.15, 0.2) is 0 Å². The number of aromatic nitrogens is 1. The van der Waals surface area contributed by atoms with Crippen LogP contribution in [0, 0.1) is 6.92 Å². The highest BCUT2D eigenvalue weighted by Crippen LogP contribution is 2.22. The molecule has 0 bridgehead atoms. The van der Waals surface area contributed by atoms with Gasteiger partial charge in [0.2, 0.25) is 5.91 Å². The van der Waals surface area contributed by atoms with Crippen molar-refractivity contribution in [2.75, 3.05) is 6.54 Å². The SMILES string of the molecule is Cc1oncc1C1CNC(=O)C(C)(C)N1. The second-order valence-electron chi connectivity index (χ2n) is 4.37. The molecule has 1 atom stereocenters. The maximum atomic E-state index is 11.5. The number of carbonyl (C=O) groups excluding carboxylic acids is 1. The van der Waals surface area contributed by atoms with Gasteiger partial charge in [-0.2, -0.15) is 0 Å². The summed E-state index contributed by atoms with van der Waals surface area (Å²) in [6.45, 7) is 6.16. The Kier molecular flexibility index (Phi) is 2.26. The van der Waals surface area contributed by atoms with Crippen LogP contribution in [0.1, 0.15) is 31.2 Å². The molecule has 2 rings (SSSR count). The molecule has 2 N–H and O–H groups in total. The Labute approximate surface area is 88.2 Å². The normalized spacial score (nSPS) is 25.0. The van der Waals surface area contributed by atoms with Crippen molar-refractivity contribution < 1.29 is 9.32 Å². The summed E-state index contributed by atoms with van der Waals surface area (Å²) in [5.41, 5.74) is 0.454. The lowest BCUT2D eigenvalue weighted by Crippen LogP contribution is -2.60. The molecule has 0 aromatic carbocycles. The number of piperazine rings is 1. The maximum absolute atomic E-state index is 11.5. The van der Waals surface area contributed by atoms with Crippen LogP contribution in [-0.2, 0) is 4.79 Å². The molecule has 5 heteroatoms. The molecule has 1 saturated heterocycles. The quantitative estimate of drug-likeness (QED) is 0.707. The average Bonchev–Trinajstić information content (AvgIpc) is 2.56. The highest BCUT2D eigenvalue weighted by molar-refractivity contribution is 5.86. The van der Waals surface area contributed by atoms with Crippen LogP contribution in [-0.4, -0.2) is 23.1 Å². The summed E-state index contributed by atoms with van der Waals surface area (Å²) < 4.78 is 5.01. The predicted molar refractivity (Wildman–Crippen MR) is 54.2 cm³/mol. The van der Waals surface area contributed by atoms with Gasteiger partial charge in [-0.15, -0.1) is 0 Å². The fourth-order valence-electron chi connectivity index (χ4n) is 1.80. The summed E-state index contributed by atoms with van der Waals surface area (Å²) in [5, 5.41) is 9.88. The number of hydrogen-bond donors (Lipinski definition) is 2. The van der Waals surface area contributed by atoms with E-state index < -0.39 is 5.54 Å². The van der Waals surface area contributed by atoms with Gasteiger partial charge in [0.1, 0.15) is 5.76 Å². The summed E-state index contributed by atoms with van der Waals surface area (Å²) in [6, 6.07) is 0.0731. The van der Waals surface area contributed by atoms with Gasteiger partial charge in [-0.1, -0.05) is 5.16 Å². The van der Waals surface area contributed by atoms with Crippen molar-refractivity contribution in [2.45, 2.75) is 32.4 Å². The first-order chi connectivity index (χ1) is 7.00. The summed E-state index contributed by atoms with van der Waals surface area (Å²) in [5.74, 6) is 0.812. The molecule has 1 fully saturated rings. The van der Waals surface area contributed by atoms with Crippen LogP contribution in [0.25, 0.3) is 0 Å². The third-order valence-electron chi connectivity index (χ3n) is 2.73. The molecule has 5 nitrogen and oxygen atoms in total. The van der Waals surface area contributed by atoms with Crippen LogP contribution in [0.15, 0.2) is 10.7 Å². The third-order valence-corrected chi connectivity index (χ3v) is 2.73. The summed E-state index contributed by atoms with van der Waals surface area (Å²) in [7, 11) is 0. The highest BCUT2D eigenvalue weighted by Gasteiger charge is 2.36. The molecule has 15 heavy (non-hydrogen) atoms. The zero-order valence-electron chi connectivity index (χ0n) is 9.13. The van der Waals surface area contributed by atoms with Crippen LogP contribution in [0.5, 0.6) is 0 Å². The third kappa shape index (κ3) is 1.74. The number of amides is 1. The van der Waals surface area contributed by atoms with Gasteiger partial charge in [0.25, 0.3) is 0 Å². The molecule has 2 heterocycles. The smallest absolute Gasteiger partial charge is 0.239 e. The van der Waals surface area contributed by atoms with E-state index in [1.807, 2.05) is 20.8 Å². The van der Waals surface area contributed by atoms with E-state index in [-0.39, 0.29) is 11.9 Å². The topological polar surface area (TPSA) is 67.2 Å². The van der Waals surface area contributed by atoms with Gasteiger partial charge in [-0.3, -0.25) is 10.1 Å². The lowest BCUT2D eigenvalue weighted by Gasteiger charge is -2.36. The van der Waals surface area contributed by atoms with Crippen molar-refractivity contribution >= 4 is 5.91 Å². The van der Waals surface area contributed by atoms with E-state index in [0.717, 1.165) is 11.3 Å². The van der Waals surface area contributed by atoms with E-state index in [4.69, 9.17) is 4.52 Å². The minimum atomic E-state index is -0.549. The van der Waals surface area contributed by atoms with Gasteiger partial charge < -0.3 is 9.84 Å². The minimum absolute atomic E-state index is 0.0212. The molecule has 1 unspecified atom stereocenters. The van der Waals surface area contributed by atoms with Crippen molar-refractivity contribution in [3.8, 4) is 0 Å². The second kappa shape index (κ2) is 3.34. The molecule has 0 saturated carbocycles. The lowest BCUT2D eigenvalue weighted by molar-refractivity contribution is -0.128. The van der Waals surface area contributed by atoms with Gasteiger partial charge in [-0.05, 0) is 20.8 Å². The average molecular weight is 209 g/mol. The molecular formula is C10H15N3O2. The molecule has 1 aromatic heterocycles. The van der Waals surface area contributed by atoms with Gasteiger partial charge in [0.05, 0.1) is 17.8 Å². The zero-order chi connectivity index (χ0) is 11.1. The zero-order valence-corrected chi connectivity index (χ0v) is 9.13. The Balaban J connectivity index is 2.21. The van der Waals surface area contributed by atoms with Crippen LogP contribution >= 0.6 is 0 Å². The number of carbonyl (C=O) groups is 1. The van der Waals surface area contributed by atoms with E-state index in [2.05, 4.69) is 15.8 Å². The molecule has 0 radical (unpaired) electrons. The van der Waals surface area contributed by atoms with Gasteiger partial charge in [-0.25, -0.2) is 0 Å². The molecule has 0 aliphatic carbocycles. The van der Waals surface area contributed by atoms with Gasteiger partial charge >= 0.3 is 0 Å². The van der Waals surface area contributed by atoms with E-state index in [1.54, 1.807) is 6.20 Å². The molecule has 1 aliphatic rings. The molecule has 82 valence electrons. The Bertz CT molecular complexity index is 384. The van der Waals surface area contributed by atoms with Gasteiger partial charge in [0, 0.05) is 12.1 Å².